The topological polar surface area (TPSA) is 449 Å². The van der Waals surface area contributed by atoms with Crippen molar-refractivity contribution < 1.29 is 193 Å². The molecule has 0 aliphatic carbocycles. The number of benzene rings is 5. The molecule has 47 heteroatoms. The molecule has 0 aliphatic rings. The second kappa shape index (κ2) is 76.4. The summed E-state index contributed by atoms with van der Waals surface area (Å²) in [5.41, 5.74) is 3.13. The van der Waals surface area contributed by atoms with Crippen LogP contribution < -0.4 is 99.3 Å². The van der Waals surface area contributed by atoms with Gasteiger partial charge in [0.1, 0.15) is 70.1 Å². The number of alkyl halides is 5. The minimum absolute atomic E-state index is 0. The second-order valence-corrected chi connectivity index (χ2v) is 55.4. The molecule has 9 N–H and O–H groups in total. The van der Waals surface area contributed by atoms with Crippen LogP contribution in [0.25, 0.3) is 0 Å². The molecule has 0 saturated carbocycles. The summed E-state index contributed by atoms with van der Waals surface area (Å²) < 4.78 is 121. The Morgan fingerprint density at radius 2 is 0.664 bits per heavy atom. The number of hydrogen-bond donors (Lipinski definition) is 8. The Labute approximate surface area is 876 Å². The molecular formula is C87H146BBrCl5FN5Na2O27P4Si. The van der Waals surface area contributed by atoms with Gasteiger partial charge < -0.3 is 104 Å². The zero-order chi connectivity index (χ0) is 100. The summed E-state index contributed by atoms with van der Waals surface area (Å²) in [6, 6.07) is 26.7. The van der Waals surface area contributed by atoms with Gasteiger partial charge in [-0.25, -0.2) is 42.1 Å². The number of phenols is 2. The summed E-state index contributed by atoms with van der Waals surface area (Å²) in [7, 11) is -9.73. The summed E-state index contributed by atoms with van der Waals surface area (Å²) in [5, 5.41) is 41.6. The zero-order valence-corrected chi connectivity index (χ0v) is 96.3. The molecule has 0 aromatic heterocycles. The molecule has 134 heavy (non-hydrogen) atoms. The van der Waals surface area contributed by atoms with Gasteiger partial charge in [0.05, 0.1) is 54.8 Å². The predicted octanol–water partition coefficient (Wildman–Crippen LogP) is 17.8. The number of phenolic OH excluding ortho intramolecular Hbond substituents is 2. The third-order valence-electron chi connectivity index (χ3n) is 13.6. The number of alkyl carbamates (subject to hydrolysis) is 5. The molecule has 3 radical (unpaired) electrons. The molecule has 0 spiro atoms. The van der Waals surface area contributed by atoms with E-state index in [1.807, 2.05) is 32.9 Å². The number of amides is 5. The smallest absolute Gasteiger partial charge is 1.00 e. The summed E-state index contributed by atoms with van der Waals surface area (Å²) in [4.78, 5) is 79.4. The Morgan fingerprint density at radius 1 is 0.433 bits per heavy atom. The molecule has 5 amide bonds. The van der Waals surface area contributed by atoms with Gasteiger partial charge in [0.15, 0.2) is 12.6 Å². The fourth-order valence-corrected chi connectivity index (χ4v) is 13.0. The molecule has 4 unspecified atom stereocenters. The Bertz CT molecular complexity index is 4220. The third kappa shape index (κ3) is 89.0. The van der Waals surface area contributed by atoms with Crippen LogP contribution in [0.4, 0.5) is 28.4 Å². The van der Waals surface area contributed by atoms with E-state index in [0.717, 1.165) is 27.8 Å². The van der Waals surface area contributed by atoms with Crippen molar-refractivity contribution in [2.75, 3.05) is 96.5 Å². The van der Waals surface area contributed by atoms with Gasteiger partial charge in [0.25, 0.3) is 6.72 Å². The van der Waals surface area contributed by atoms with Gasteiger partial charge in [0.2, 0.25) is 0 Å². The number of ether oxygens (including phenoxy) is 5. The Balaban J connectivity index is -0.000000172. The van der Waals surface area contributed by atoms with Crippen LogP contribution in [-0.2, 0) is 105 Å². The van der Waals surface area contributed by atoms with Gasteiger partial charge in [-0.2, -0.15) is 0 Å². The Kier molecular flexibility index (Phi) is 84.0. The minimum atomic E-state index is -3.26. The fraction of sp³-hybridized carbons (Fsp3) is 0.575. The Hall–Kier alpha value is -4.39. The van der Waals surface area contributed by atoms with E-state index in [0.29, 0.717) is 95.3 Å². The van der Waals surface area contributed by atoms with E-state index in [-0.39, 0.29) is 159 Å². The number of aromatic hydroxyl groups is 2. The first-order chi connectivity index (χ1) is 59.2. The van der Waals surface area contributed by atoms with Gasteiger partial charge in [0, 0.05) is 78.9 Å². The van der Waals surface area contributed by atoms with Gasteiger partial charge >= 0.3 is 112 Å². The van der Waals surface area contributed by atoms with Crippen molar-refractivity contribution in [3.8, 4) is 28.7 Å². The molecule has 5 aromatic carbocycles. The van der Waals surface area contributed by atoms with Crippen molar-refractivity contribution in [1.82, 2.24) is 26.6 Å². The average molecular weight is 2180 g/mol. The van der Waals surface area contributed by atoms with E-state index in [2.05, 4.69) is 66.0 Å². The number of aliphatic hydroxyl groups excluding tert-OH is 1. The molecule has 0 aliphatic heterocycles. The maximum atomic E-state index is 13.3. The first-order valence-electron chi connectivity index (χ1n) is 40.7. The molecule has 32 nitrogen and oxygen atoms in total. The standard InChI is InChI=1S/C17H27FNO5P.C17H28NO6P.C17H26NO6P.C14H19NO4.C13H19NO3.C3H9BrSi.C3H8ClO2P.2CH2Cl2.CH4.B.2Na.H2O.H/c1-6-22-25(5,21)24-15-8-7-13(11-14(15)12-18)9-10-19-16(20)23-17(2,3)4;2*1-6-22-25(5,21)24-15-8-7-13(11-14(15)12-19)9-10-18-16(20)23-17(2,3)4;1-14(2,3)19-13(18)15-7-6-10-4-5-12(17)11(8-10)9-16;1-13(2,3)17-12(16)14-9-8-10-4-6-11(15)7-5-10;1-5(2,3)4;1-3-6-7(2,4)5;2*2-1-3;;;;;;/h7-8,11H,6,9-10,12H2,1-5H3,(H,19,20);7-8,11,19H,6,9-10,12H2,1-5H3,(H,18,20);7-8,11-12H,6,9-10H2,1-5H3,(H,18,20);4-5,8-9,17H,6-7H2,1-3H3,(H,15,18);4-7,15H,8-9H2,1-3H3,(H,14,16);1-3H3;3H2,1-2H3;2*1H2;1H4;;;;1H2;/q;;;;;;;;;;;2*+1;;-1/p-1. The third-order valence-corrected chi connectivity index (χ3v) is 18.4. The maximum Gasteiger partial charge on any atom is 1.00 e. The minimum Gasteiger partial charge on any atom is -1.00 e. The SMILES string of the molecule is C.CC(C)(C)OC(=O)NCCc1ccc(O)c(C=O)c1.CC(C)(C)OC(=O)NCCc1ccc(O)cc1.CCOP(C)(=O)Cl.CCOP(C)(=O)Oc1ccc(CCNC(=O)OC(C)(C)C)cc1C=O.CCOP(C)(=O)Oc1ccc(CCNC(=O)OC(C)(C)C)cc1CF.CCOP(C)(=O)Oc1ccc(CCNC(=O)OC(C)(C)C)cc1CO.C[Si](C)(C)Br.ClCCl.ClCCl.[B].[H-].[Na+].[Na+].[OH-]. The van der Waals surface area contributed by atoms with E-state index in [4.69, 9.17) is 114 Å². The predicted molar refractivity (Wildman–Crippen MR) is 536 cm³/mol. The van der Waals surface area contributed by atoms with Crippen molar-refractivity contribution in [3.63, 3.8) is 0 Å². The molecule has 0 heterocycles. The van der Waals surface area contributed by atoms with Crippen LogP contribution in [-0.4, -0.2) is 203 Å². The fourth-order valence-electron chi connectivity index (χ4n) is 9.09. The van der Waals surface area contributed by atoms with Gasteiger partial charge in [-0.1, -0.05) is 63.5 Å². The van der Waals surface area contributed by atoms with E-state index in [1.165, 1.54) is 32.7 Å². The Morgan fingerprint density at radius 3 is 0.910 bits per heavy atom. The monoisotopic (exact) mass is 2170 g/mol. The number of rotatable bonds is 33. The van der Waals surface area contributed by atoms with E-state index >= 15 is 0 Å². The van der Waals surface area contributed by atoms with Crippen LogP contribution in [0.15, 0.2) is 97.1 Å². The molecule has 759 valence electrons. The number of carbonyl (C=O) groups is 7. The van der Waals surface area contributed by atoms with Crippen LogP contribution in [0.5, 0.6) is 28.7 Å². The van der Waals surface area contributed by atoms with Crippen molar-refractivity contribution in [3.05, 3.63) is 147 Å². The van der Waals surface area contributed by atoms with Crippen LogP contribution in [0, 0.1) is 0 Å². The van der Waals surface area contributed by atoms with Crippen LogP contribution in [0.2, 0.25) is 19.6 Å². The molecule has 0 bridgehead atoms. The summed E-state index contributed by atoms with van der Waals surface area (Å²) in [5.74, 6) is 0.933. The number of hydrogen-bond acceptors (Lipinski definition) is 27. The summed E-state index contributed by atoms with van der Waals surface area (Å²) >= 11 is 27.7. The van der Waals surface area contributed by atoms with Crippen LogP contribution in [0.1, 0.15) is 200 Å². The number of carbonyl (C=O) groups excluding carboxylic acids is 7. The van der Waals surface area contributed by atoms with Crippen molar-refractivity contribution in [2.24, 2.45) is 0 Å². The van der Waals surface area contributed by atoms with Gasteiger partial charge in [-0.15, -0.1) is 61.7 Å². The number of nitrogens with one attached hydrogen (secondary N) is 5. The van der Waals surface area contributed by atoms with E-state index in [9.17, 15) is 66.4 Å². The maximum absolute atomic E-state index is 13.3. The van der Waals surface area contributed by atoms with Crippen molar-refractivity contribution >= 4 is 161 Å². The van der Waals surface area contributed by atoms with Crippen molar-refractivity contribution in [2.45, 2.75) is 232 Å². The largest absolute Gasteiger partial charge is 1.00 e. The number of aliphatic hydroxyl groups is 1. The van der Waals surface area contributed by atoms with E-state index in [1.54, 1.807) is 190 Å². The quantitative estimate of drug-likeness (QED) is 0.00483. The molecule has 5 aromatic rings. The first-order valence-corrected chi connectivity index (χ1v) is 57.6. The zero-order valence-electron chi connectivity index (χ0n) is 83.3. The van der Waals surface area contributed by atoms with Crippen LogP contribution in [0.3, 0.4) is 0 Å². The normalized spacial score (nSPS) is 12.3. The van der Waals surface area contributed by atoms with Crippen LogP contribution >= 0.6 is 102 Å². The molecular weight excluding hydrogens is 2030 g/mol. The van der Waals surface area contributed by atoms with Gasteiger partial charge in [-0.3, -0.25) is 14.2 Å². The molecule has 0 saturated heterocycles. The first kappa shape index (κ1) is 147. The van der Waals surface area contributed by atoms with E-state index < -0.39 is 101 Å². The molecule has 4 atom stereocenters. The second-order valence-electron chi connectivity index (χ2n) is 33.0. The summed E-state index contributed by atoms with van der Waals surface area (Å²) in [6.45, 7) is 44.8. The van der Waals surface area contributed by atoms with Gasteiger partial charge in [-0.05, 0) is 263 Å². The summed E-state index contributed by atoms with van der Waals surface area (Å²) in [6.07, 6.45) is 1.72. The molecule has 5 rings (SSSR count). The average Bonchev–Trinajstić information content (AvgIpc) is 0.836. The van der Waals surface area contributed by atoms with Crippen molar-refractivity contribution in [1.29, 1.82) is 0 Å². The number of halogens is 7. The molecule has 0 fully saturated rings. The number of aldehydes is 2.